The number of aromatic nitrogens is 3. The Bertz CT molecular complexity index is 1840. The molecule has 2 heterocycles. The maximum absolute atomic E-state index is 6.17. The van der Waals surface area contributed by atoms with Crippen LogP contribution >= 0.6 is 0 Å². The maximum Gasteiger partial charge on any atom is 0.227 e. The van der Waals surface area contributed by atoms with Gasteiger partial charge in [-0.2, -0.15) is 0 Å². The lowest BCUT2D eigenvalue weighted by molar-refractivity contribution is 0.620. The van der Waals surface area contributed by atoms with Crippen LogP contribution in [0, 0.1) is 0 Å². The van der Waals surface area contributed by atoms with Crippen molar-refractivity contribution >= 4 is 11.1 Å². The van der Waals surface area contributed by atoms with E-state index in [1.165, 1.54) is 0 Å². The Labute approximate surface area is 226 Å². The van der Waals surface area contributed by atoms with Gasteiger partial charge >= 0.3 is 0 Å². The van der Waals surface area contributed by atoms with Gasteiger partial charge in [-0.3, -0.25) is 0 Å². The Hall–Kier alpha value is -5.35. The van der Waals surface area contributed by atoms with E-state index in [1.807, 2.05) is 91.0 Å². The average Bonchev–Trinajstić information content (AvgIpc) is 3.47. The molecule has 5 aromatic carbocycles. The average molecular weight is 502 g/mol. The predicted molar refractivity (Wildman–Crippen MR) is 157 cm³/mol. The highest BCUT2D eigenvalue weighted by molar-refractivity contribution is 5.96. The van der Waals surface area contributed by atoms with Gasteiger partial charge in [0, 0.05) is 27.8 Å². The Morgan fingerprint density at radius 2 is 0.923 bits per heavy atom. The third kappa shape index (κ3) is 4.38. The number of benzene rings is 5. The minimum Gasteiger partial charge on any atom is -0.436 e. The fourth-order valence-corrected chi connectivity index (χ4v) is 4.86. The fourth-order valence-electron chi connectivity index (χ4n) is 4.86. The molecule has 39 heavy (non-hydrogen) atoms. The molecule has 0 fully saturated rings. The van der Waals surface area contributed by atoms with Gasteiger partial charge in [-0.1, -0.05) is 115 Å². The van der Waals surface area contributed by atoms with Crippen LogP contribution in [-0.2, 0) is 0 Å². The van der Waals surface area contributed by atoms with Crippen molar-refractivity contribution < 1.29 is 4.42 Å². The molecule has 4 nitrogen and oxygen atoms in total. The summed E-state index contributed by atoms with van der Waals surface area (Å²) in [6, 6.07) is 46.8. The van der Waals surface area contributed by atoms with Gasteiger partial charge in [0.15, 0.2) is 11.4 Å². The van der Waals surface area contributed by atoms with Gasteiger partial charge < -0.3 is 4.42 Å². The third-order valence-corrected chi connectivity index (χ3v) is 6.76. The zero-order valence-electron chi connectivity index (χ0n) is 21.0. The first-order valence-electron chi connectivity index (χ1n) is 12.9. The van der Waals surface area contributed by atoms with Gasteiger partial charge in [0.05, 0.1) is 11.4 Å². The van der Waals surface area contributed by atoms with Crippen molar-refractivity contribution in [2.75, 3.05) is 0 Å². The summed E-state index contributed by atoms with van der Waals surface area (Å²) in [5, 5.41) is 0. The zero-order valence-corrected chi connectivity index (χ0v) is 21.0. The molecule has 0 saturated heterocycles. The Balaban J connectivity index is 1.43. The number of oxazole rings is 1. The molecule has 0 bridgehead atoms. The van der Waals surface area contributed by atoms with Crippen molar-refractivity contribution in [3.8, 4) is 56.5 Å². The van der Waals surface area contributed by atoms with E-state index in [0.29, 0.717) is 11.7 Å². The maximum atomic E-state index is 6.17. The molecule has 0 N–H and O–H groups in total. The lowest BCUT2D eigenvalue weighted by atomic mass is 9.97. The number of hydrogen-bond acceptors (Lipinski definition) is 4. The second-order valence-electron chi connectivity index (χ2n) is 9.28. The molecule has 0 aliphatic carbocycles. The van der Waals surface area contributed by atoms with E-state index in [0.717, 1.165) is 55.9 Å². The van der Waals surface area contributed by atoms with Crippen LogP contribution in [0.2, 0.25) is 0 Å². The van der Waals surface area contributed by atoms with Crippen molar-refractivity contribution in [3.05, 3.63) is 140 Å². The minimum absolute atomic E-state index is 0.601. The fraction of sp³-hybridized carbons (Fsp3) is 0. The zero-order chi connectivity index (χ0) is 26.0. The van der Waals surface area contributed by atoms with Crippen molar-refractivity contribution in [1.82, 2.24) is 15.0 Å². The van der Waals surface area contributed by atoms with Crippen LogP contribution in [0.25, 0.3) is 67.6 Å². The van der Waals surface area contributed by atoms with E-state index in [-0.39, 0.29) is 0 Å². The van der Waals surface area contributed by atoms with Crippen molar-refractivity contribution in [2.45, 2.75) is 0 Å². The van der Waals surface area contributed by atoms with Crippen LogP contribution < -0.4 is 0 Å². The first kappa shape index (κ1) is 22.8. The molecule has 0 aliphatic heterocycles. The van der Waals surface area contributed by atoms with E-state index >= 15 is 0 Å². The van der Waals surface area contributed by atoms with Crippen molar-refractivity contribution in [2.24, 2.45) is 0 Å². The van der Waals surface area contributed by atoms with Crippen molar-refractivity contribution in [1.29, 1.82) is 0 Å². The van der Waals surface area contributed by atoms with Crippen LogP contribution in [0.4, 0.5) is 0 Å². The van der Waals surface area contributed by atoms with Gasteiger partial charge in [-0.05, 0) is 29.8 Å². The molecule has 0 radical (unpaired) electrons. The lowest BCUT2D eigenvalue weighted by Gasteiger charge is -2.13. The quantitative estimate of drug-likeness (QED) is 0.236. The van der Waals surface area contributed by atoms with E-state index in [4.69, 9.17) is 19.4 Å². The summed E-state index contributed by atoms with van der Waals surface area (Å²) in [5.41, 5.74) is 9.24. The molecule has 0 amide bonds. The van der Waals surface area contributed by atoms with Crippen LogP contribution in [0.5, 0.6) is 0 Å². The molecule has 0 aliphatic rings. The molecule has 184 valence electrons. The molecule has 0 spiro atoms. The second-order valence-corrected chi connectivity index (χ2v) is 9.28. The summed E-state index contributed by atoms with van der Waals surface area (Å²) in [4.78, 5) is 15.0. The molecule has 0 unspecified atom stereocenters. The molecule has 0 atom stereocenters. The van der Waals surface area contributed by atoms with E-state index < -0.39 is 0 Å². The van der Waals surface area contributed by atoms with Gasteiger partial charge in [0.25, 0.3) is 0 Å². The highest BCUT2D eigenvalue weighted by atomic mass is 16.3. The number of rotatable bonds is 5. The largest absolute Gasteiger partial charge is 0.436 e. The summed E-state index contributed by atoms with van der Waals surface area (Å²) in [6.07, 6.45) is 0. The lowest BCUT2D eigenvalue weighted by Crippen LogP contribution is -1.97. The number of fused-ring (bicyclic) bond motifs is 1. The Morgan fingerprint density at radius 3 is 1.54 bits per heavy atom. The first-order chi connectivity index (χ1) is 19.3. The summed E-state index contributed by atoms with van der Waals surface area (Å²) >= 11 is 0. The van der Waals surface area contributed by atoms with Crippen LogP contribution in [0.3, 0.4) is 0 Å². The molecule has 7 rings (SSSR count). The normalized spacial score (nSPS) is 11.1. The number of nitrogens with zero attached hydrogens (tertiary/aromatic N) is 3. The molecule has 4 heteroatoms. The molecule has 0 saturated carbocycles. The smallest absolute Gasteiger partial charge is 0.227 e. The van der Waals surface area contributed by atoms with E-state index in [9.17, 15) is 0 Å². The standard InChI is InChI=1S/C35H23N3O/c1-4-13-24(14-5-1)30-23-31(25-15-6-2-7-16-25)37-34(36-30)29-20-11-10-19-27(29)28-21-12-22-32-33(28)38-35(39-32)26-17-8-3-9-18-26/h1-23H. The monoisotopic (exact) mass is 501 g/mol. The Kier molecular flexibility index (Phi) is 5.76. The van der Waals surface area contributed by atoms with Gasteiger partial charge in [0.2, 0.25) is 5.89 Å². The topological polar surface area (TPSA) is 51.8 Å². The van der Waals surface area contributed by atoms with Crippen molar-refractivity contribution in [3.63, 3.8) is 0 Å². The first-order valence-corrected chi connectivity index (χ1v) is 12.9. The SMILES string of the molecule is c1ccc(-c2cc(-c3ccccc3)nc(-c3ccccc3-c3cccc4oc(-c5ccccc5)nc34)n2)cc1. The molecule has 7 aromatic rings. The predicted octanol–water partition coefficient (Wildman–Crippen LogP) is 8.95. The highest BCUT2D eigenvalue weighted by Crippen LogP contribution is 2.37. The molecule has 2 aromatic heterocycles. The van der Waals surface area contributed by atoms with Gasteiger partial charge in [-0.25, -0.2) is 15.0 Å². The molecular weight excluding hydrogens is 478 g/mol. The summed E-state index contributed by atoms with van der Waals surface area (Å²) < 4.78 is 6.17. The number of para-hydroxylation sites is 1. The third-order valence-electron chi connectivity index (χ3n) is 6.76. The summed E-state index contributed by atoms with van der Waals surface area (Å²) in [6.45, 7) is 0. The summed E-state index contributed by atoms with van der Waals surface area (Å²) in [5.74, 6) is 1.26. The van der Waals surface area contributed by atoms with E-state index in [1.54, 1.807) is 0 Å². The van der Waals surface area contributed by atoms with Crippen LogP contribution in [0.15, 0.2) is 144 Å². The number of hydrogen-bond donors (Lipinski definition) is 0. The summed E-state index contributed by atoms with van der Waals surface area (Å²) in [7, 11) is 0. The second kappa shape index (κ2) is 9.84. The van der Waals surface area contributed by atoms with Crippen LogP contribution in [-0.4, -0.2) is 15.0 Å². The van der Waals surface area contributed by atoms with E-state index in [2.05, 4.69) is 48.5 Å². The van der Waals surface area contributed by atoms with Gasteiger partial charge in [0.1, 0.15) is 5.52 Å². The molecular formula is C35H23N3O. The highest BCUT2D eigenvalue weighted by Gasteiger charge is 2.18. The van der Waals surface area contributed by atoms with Gasteiger partial charge in [-0.15, -0.1) is 0 Å². The minimum atomic E-state index is 0.601. The van der Waals surface area contributed by atoms with Crippen LogP contribution in [0.1, 0.15) is 0 Å². The Morgan fingerprint density at radius 1 is 0.410 bits per heavy atom.